The fourth-order valence-corrected chi connectivity index (χ4v) is 1.89. The van der Waals surface area contributed by atoms with Gasteiger partial charge in [-0.25, -0.2) is 0 Å². The zero-order valence-electron chi connectivity index (χ0n) is 11.5. The molecule has 0 radical (unpaired) electrons. The summed E-state index contributed by atoms with van der Waals surface area (Å²) in [5.41, 5.74) is 1.25. The van der Waals surface area contributed by atoms with E-state index >= 15 is 0 Å². The normalized spacial score (nSPS) is 12.8. The van der Waals surface area contributed by atoms with E-state index in [1.807, 2.05) is 6.07 Å². The van der Waals surface area contributed by atoms with Crippen LogP contribution in [0.1, 0.15) is 52.1 Å². The third kappa shape index (κ3) is 4.78. The fourth-order valence-electron chi connectivity index (χ4n) is 1.89. The monoisotopic (exact) mass is 235 g/mol. The van der Waals surface area contributed by atoms with E-state index in [2.05, 4.69) is 51.2 Å². The van der Waals surface area contributed by atoms with Crippen LogP contribution in [0.3, 0.4) is 0 Å². The molecule has 0 unspecified atom stereocenters. The Balaban J connectivity index is 2.69. The van der Waals surface area contributed by atoms with Crippen molar-refractivity contribution in [3.8, 4) is 5.75 Å². The van der Waals surface area contributed by atoms with Crippen LogP contribution in [0.2, 0.25) is 0 Å². The third-order valence-corrected chi connectivity index (χ3v) is 2.72. The fraction of sp³-hybridized carbons (Fsp3) is 0.600. The van der Waals surface area contributed by atoms with E-state index in [1.54, 1.807) is 0 Å². The standard InChI is InChI=1S/C15H25NO/c1-5-6-11-17-15-10-8-7-9-14(15)13(4)16-12(2)3/h7-10,12-13,16H,5-6,11H2,1-4H3/t13-/m0/s1. The molecule has 1 rings (SSSR count). The zero-order valence-corrected chi connectivity index (χ0v) is 11.5. The molecule has 1 N–H and O–H groups in total. The van der Waals surface area contributed by atoms with E-state index in [4.69, 9.17) is 4.74 Å². The molecule has 0 amide bonds. The van der Waals surface area contributed by atoms with E-state index in [0.29, 0.717) is 12.1 Å². The smallest absolute Gasteiger partial charge is 0.124 e. The molecule has 0 heterocycles. The van der Waals surface area contributed by atoms with Gasteiger partial charge in [0.05, 0.1) is 6.61 Å². The maximum atomic E-state index is 5.84. The summed E-state index contributed by atoms with van der Waals surface area (Å²) in [5.74, 6) is 1.02. The number of para-hydroxylation sites is 1. The van der Waals surface area contributed by atoms with Crippen molar-refractivity contribution in [2.24, 2.45) is 0 Å². The molecule has 0 bridgehead atoms. The molecule has 0 aliphatic rings. The second-order valence-corrected chi connectivity index (χ2v) is 4.78. The molecule has 0 fully saturated rings. The minimum absolute atomic E-state index is 0.327. The Morgan fingerprint density at radius 2 is 1.88 bits per heavy atom. The highest BCUT2D eigenvalue weighted by atomic mass is 16.5. The molecule has 96 valence electrons. The highest BCUT2D eigenvalue weighted by molar-refractivity contribution is 5.35. The lowest BCUT2D eigenvalue weighted by Crippen LogP contribution is -2.26. The quantitative estimate of drug-likeness (QED) is 0.723. The summed E-state index contributed by atoms with van der Waals surface area (Å²) in [6.45, 7) is 9.50. The van der Waals surface area contributed by atoms with Crippen molar-refractivity contribution < 1.29 is 4.74 Å². The zero-order chi connectivity index (χ0) is 12.7. The van der Waals surface area contributed by atoms with Crippen LogP contribution in [-0.2, 0) is 0 Å². The number of rotatable bonds is 7. The summed E-state index contributed by atoms with van der Waals surface area (Å²) < 4.78 is 5.84. The van der Waals surface area contributed by atoms with Crippen LogP contribution in [0.15, 0.2) is 24.3 Å². The summed E-state index contributed by atoms with van der Waals surface area (Å²) >= 11 is 0. The second-order valence-electron chi connectivity index (χ2n) is 4.78. The lowest BCUT2D eigenvalue weighted by atomic mass is 10.1. The summed E-state index contributed by atoms with van der Waals surface area (Å²) in [6.07, 6.45) is 2.28. The van der Waals surface area contributed by atoms with Gasteiger partial charge in [-0.2, -0.15) is 0 Å². The van der Waals surface area contributed by atoms with Gasteiger partial charge in [0.2, 0.25) is 0 Å². The first-order valence-corrected chi connectivity index (χ1v) is 6.63. The molecular weight excluding hydrogens is 210 g/mol. The minimum Gasteiger partial charge on any atom is -0.493 e. The summed E-state index contributed by atoms with van der Waals surface area (Å²) in [4.78, 5) is 0. The third-order valence-electron chi connectivity index (χ3n) is 2.72. The molecule has 2 heteroatoms. The van der Waals surface area contributed by atoms with Crippen molar-refractivity contribution in [3.05, 3.63) is 29.8 Å². The molecule has 0 aliphatic heterocycles. The van der Waals surface area contributed by atoms with Crippen molar-refractivity contribution in [3.63, 3.8) is 0 Å². The van der Waals surface area contributed by atoms with Gasteiger partial charge < -0.3 is 10.1 Å². The first kappa shape index (κ1) is 14.0. The van der Waals surface area contributed by atoms with Crippen molar-refractivity contribution in [2.45, 2.75) is 52.6 Å². The van der Waals surface area contributed by atoms with E-state index in [9.17, 15) is 0 Å². The van der Waals surface area contributed by atoms with Crippen molar-refractivity contribution in [1.82, 2.24) is 5.32 Å². The average molecular weight is 235 g/mol. The van der Waals surface area contributed by atoms with Crippen molar-refractivity contribution >= 4 is 0 Å². The molecule has 1 atom stereocenters. The minimum atomic E-state index is 0.327. The van der Waals surface area contributed by atoms with Gasteiger partial charge in [-0.15, -0.1) is 0 Å². The van der Waals surface area contributed by atoms with E-state index in [1.165, 1.54) is 12.0 Å². The summed E-state index contributed by atoms with van der Waals surface area (Å²) in [5, 5.41) is 3.51. The van der Waals surface area contributed by atoms with Crippen LogP contribution in [-0.4, -0.2) is 12.6 Å². The Labute approximate surface area is 105 Å². The predicted octanol–water partition coefficient (Wildman–Crippen LogP) is 3.92. The summed E-state index contributed by atoms with van der Waals surface area (Å²) in [7, 11) is 0. The first-order valence-electron chi connectivity index (χ1n) is 6.63. The number of unbranched alkanes of at least 4 members (excludes halogenated alkanes) is 1. The van der Waals surface area contributed by atoms with Gasteiger partial charge in [-0.1, -0.05) is 45.4 Å². The van der Waals surface area contributed by atoms with Crippen LogP contribution in [0.4, 0.5) is 0 Å². The van der Waals surface area contributed by atoms with Crippen LogP contribution in [0.25, 0.3) is 0 Å². The Bertz CT molecular complexity index is 322. The molecule has 1 aromatic rings. The van der Waals surface area contributed by atoms with Crippen LogP contribution in [0, 0.1) is 0 Å². The molecule has 0 saturated carbocycles. The predicted molar refractivity (Wildman–Crippen MR) is 73.5 cm³/mol. The van der Waals surface area contributed by atoms with Crippen LogP contribution < -0.4 is 10.1 Å². The van der Waals surface area contributed by atoms with Crippen molar-refractivity contribution in [1.29, 1.82) is 0 Å². The van der Waals surface area contributed by atoms with E-state index in [0.717, 1.165) is 18.8 Å². The Kier molecular flexibility index (Phi) is 6.06. The van der Waals surface area contributed by atoms with Gasteiger partial charge in [0.1, 0.15) is 5.75 Å². The largest absolute Gasteiger partial charge is 0.493 e. The number of benzene rings is 1. The molecule has 2 nitrogen and oxygen atoms in total. The first-order chi connectivity index (χ1) is 8.15. The molecule has 0 spiro atoms. The van der Waals surface area contributed by atoms with Gasteiger partial charge in [0.25, 0.3) is 0 Å². The molecule has 0 saturated heterocycles. The van der Waals surface area contributed by atoms with E-state index < -0.39 is 0 Å². The Morgan fingerprint density at radius 1 is 1.18 bits per heavy atom. The number of ether oxygens (including phenoxy) is 1. The highest BCUT2D eigenvalue weighted by Crippen LogP contribution is 2.25. The Hall–Kier alpha value is -1.02. The van der Waals surface area contributed by atoms with Gasteiger partial charge in [-0.05, 0) is 19.4 Å². The van der Waals surface area contributed by atoms with Gasteiger partial charge >= 0.3 is 0 Å². The van der Waals surface area contributed by atoms with Gasteiger partial charge in [-0.3, -0.25) is 0 Å². The van der Waals surface area contributed by atoms with Crippen LogP contribution in [0.5, 0.6) is 5.75 Å². The average Bonchev–Trinajstić information content (AvgIpc) is 2.29. The second kappa shape index (κ2) is 7.33. The molecule has 0 aliphatic carbocycles. The summed E-state index contributed by atoms with van der Waals surface area (Å²) in [6, 6.07) is 9.11. The number of hydrogen-bond donors (Lipinski definition) is 1. The maximum absolute atomic E-state index is 5.84. The number of nitrogens with one attached hydrogen (secondary N) is 1. The van der Waals surface area contributed by atoms with Crippen molar-refractivity contribution in [2.75, 3.05) is 6.61 Å². The molecular formula is C15H25NO. The maximum Gasteiger partial charge on any atom is 0.124 e. The highest BCUT2D eigenvalue weighted by Gasteiger charge is 2.11. The topological polar surface area (TPSA) is 21.3 Å². The van der Waals surface area contributed by atoms with Gasteiger partial charge in [0, 0.05) is 17.6 Å². The van der Waals surface area contributed by atoms with Crippen LogP contribution >= 0.6 is 0 Å². The lowest BCUT2D eigenvalue weighted by molar-refractivity contribution is 0.302. The lowest BCUT2D eigenvalue weighted by Gasteiger charge is -2.20. The van der Waals surface area contributed by atoms with Gasteiger partial charge in [0.15, 0.2) is 0 Å². The Morgan fingerprint density at radius 3 is 2.53 bits per heavy atom. The number of hydrogen-bond acceptors (Lipinski definition) is 2. The molecule has 1 aromatic carbocycles. The SMILES string of the molecule is CCCCOc1ccccc1[C@H](C)NC(C)C. The van der Waals surface area contributed by atoms with E-state index in [-0.39, 0.29) is 0 Å². The molecule has 0 aromatic heterocycles. The molecule has 17 heavy (non-hydrogen) atoms.